The fourth-order valence-corrected chi connectivity index (χ4v) is 6.51. The average Bonchev–Trinajstić information content (AvgIpc) is 2.86. The molecule has 2 nitrogen and oxygen atoms in total. The first-order valence-corrected chi connectivity index (χ1v) is 14.1. The summed E-state index contributed by atoms with van der Waals surface area (Å²) in [6.45, 7) is 13.2. The molecule has 1 atom stereocenters. The molecule has 0 N–H and O–H groups in total. The van der Waals surface area contributed by atoms with Crippen molar-refractivity contribution in [2.24, 2.45) is 4.99 Å². The van der Waals surface area contributed by atoms with Crippen LogP contribution in [0, 0.1) is 0 Å². The van der Waals surface area contributed by atoms with Gasteiger partial charge in [0.2, 0.25) is 0 Å². The maximum Gasteiger partial charge on any atom is 0.0868 e. The van der Waals surface area contributed by atoms with Gasteiger partial charge in [0.15, 0.2) is 0 Å². The van der Waals surface area contributed by atoms with E-state index in [0.29, 0.717) is 10.9 Å². The summed E-state index contributed by atoms with van der Waals surface area (Å²) in [5, 5.41) is 2.74. The van der Waals surface area contributed by atoms with Crippen molar-refractivity contribution in [3.8, 4) is 0 Å². The number of halogens is 1. The Kier molecular flexibility index (Phi) is 8.12. The van der Waals surface area contributed by atoms with Gasteiger partial charge in [0.25, 0.3) is 0 Å². The monoisotopic (exact) mass is 515 g/mol. The molecule has 1 unspecified atom stereocenters. The molecule has 0 fully saturated rings. The molecule has 4 heteroatoms. The van der Waals surface area contributed by atoms with Crippen LogP contribution in [0.3, 0.4) is 0 Å². The minimum absolute atomic E-state index is 0.251. The van der Waals surface area contributed by atoms with Gasteiger partial charge >= 0.3 is 0 Å². The van der Waals surface area contributed by atoms with Crippen LogP contribution >= 0.6 is 11.6 Å². The Hall–Kier alpha value is -2.75. The van der Waals surface area contributed by atoms with Crippen molar-refractivity contribution < 1.29 is 4.21 Å². The lowest BCUT2D eigenvalue weighted by Gasteiger charge is -2.23. The van der Waals surface area contributed by atoms with Gasteiger partial charge in [-0.1, -0.05) is 102 Å². The van der Waals surface area contributed by atoms with Gasteiger partial charge in [0, 0.05) is 16.8 Å². The Bertz CT molecular complexity index is 1410. The second kappa shape index (κ2) is 11.1. The zero-order chi connectivity index (χ0) is 26.0. The van der Waals surface area contributed by atoms with Gasteiger partial charge in [-0.15, -0.1) is 0 Å². The molecule has 4 aromatic rings. The minimum Gasteiger partial charge on any atom is -0.256 e. The van der Waals surface area contributed by atoms with Crippen molar-refractivity contribution in [2.45, 2.75) is 69.1 Å². The van der Waals surface area contributed by atoms with Crippen LogP contribution in [0.5, 0.6) is 0 Å². The van der Waals surface area contributed by atoms with E-state index in [1.165, 1.54) is 5.56 Å². The first-order valence-electron chi connectivity index (χ1n) is 12.6. The van der Waals surface area contributed by atoms with E-state index in [4.69, 9.17) is 16.6 Å². The van der Waals surface area contributed by atoms with E-state index in [1.807, 2.05) is 48.7 Å². The third kappa shape index (κ3) is 5.48. The predicted octanol–water partition coefficient (Wildman–Crippen LogP) is 9.78. The lowest BCUT2D eigenvalue weighted by atomic mass is 9.89. The van der Waals surface area contributed by atoms with Gasteiger partial charge in [0.05, 0.1) is 26.3 Å². The summed E-state index contributed by atoms with van der Waals surface area (Å²) in [6, 6.07) is 24.2. The molecule has 0 spiro atoms. The molecule has 0 radical (unpaired) electrons. The minimum atomic E-state index is -1.39. The van der Waals surface area contributed by atoms with E-state index < -0.39 is 10.8 Å². The Morgan fingerprint density at radius 1 is 0.750 bits per heavy atom. The van der Waals surface area contributed by atoms with Crippen molar-refractivity contribution in [3.63, 3.8) is 0 Å². The molecule has 186 valence electrons. The third-order valence-electron chi connectivity index (χ3n) is 6.54. The molecule has 0 aliphatic rings. The van der Waals surface area contributed by atoms with Crippen LogP contribution in [0.4, 0.5) is 5.69 Å². The lowest BCUT2D eigenvalue weighted by molar-refractivity contribution is 0.676. The summed E-state index contributed by atoms with van der Waals surface area (Å²) in [5.41, 5.74) is 5.29. The second-order valence-electron chi connectivity index (χ2n) is 10.2. The average molecular weight is 516 g/mol. The highest BCUT2D eigenvalue weighted by molar-refractivity contribution is 7.85. The Labute approximate surface area is 222 Å². The summed E-state index contributed by atoms with van der Waals surface area (Å²) in [4.78, 5) is 6.45. The molecular weight excluding hydrogens is 482 g/mol. The van der Waals surface area contributed by atoms with Crippen molar-refractivity contribution in [2.75, 3.05) is 0 Å². The van der Waals surface area contributed by atoms with E-state index >= 15 is 0 Å². The van der Waals surface area contributed by atoms with E-state index in [-0.39, 0.29) is 11.8 Å². The Morgan fingerprint density at radius 2 is 1.36 bits per heavy atom. The van der Waals surface area contributed by atoms with E-state index in [0.717, 1.165) is 42.9 Å². The summed E-state index contributed by atoms with van der Waals surface area (Å²) >= 11 is 6.05. The number of fused-ring (bicyclic) bond motifs is 1. The summed E-state index contributed by atoms with van der Waals surface area (Å²) < 4.78 is 14.7. The standard InChI is InChI=1S/C32H34ClNOS/c1-20(2)25-17-29(21(3)4)32(30(18-25)22(5)6)36(35)31-24(12-11-23-9-7-8-10-28(23)31)19-34-27-15-13-26(33)14-16-27/h7-22H,1-6H3. The topological polar surface area (TPSA) is 29.4 Å². The van der Waals surface area contributed by atoms with Crippen LogP contribution in [0.2, 0.25) is 5.02 Å². The van der Waals surface area contributed by atoms with Crippen LogP contribution in [0.15, 0.2) is 87.6 Å². The van der Waals surface area contributed by atoms with Crippen LogP contribution in [0.1, 0.15) is 81.5 Å². The Balaban J connectivity index is 1.97. The number of hydrogen-bond acceptors (Lipinski definition) is 2. The summed E-state index contributed by atoms with van der Waals surface area (Å²) in [5.74, 6) is 0.907. The maximum atomic E-state index is 14.7. The molecule has 0 saturated carbocycles. The number of hydrogen-bond donors (Lipinski definition) is 0. The molecule has 4 rings (SSSR count). The van der Waals surface area contributed by atoms with Gasteiger partial charge in [0.1, 0.15) is 0 Å². The van der Waals surface area contributed by atoms with Crippen molar-refractivity contribution in [3.05, 3.63) is 100 Å². The maximum absolute atomic E-state index is 14.7. The SMILES string of the molecule is CC(C)c1cc(C(C)C)c(S(=O)c2c(C=Nc3ccc(Cl)cc3)ccc3ccccc23)c(C(C)C)c1. The number of rotatable bonds is 7. The van der Waals surface area contributed by atoms with E-state index in [2.05, 4.69) is 71.9 Å². The predicted molar refractivity (Wildman–Crippen MR) is 156 cm³/mol. The quantitative estimate of drug-likeness (QED) is 0.225. The van der Waals surface area contributed by atoms with Gasteiger partial charge in [-0.25, -0.2) is 4.21 Å². The fraction of sp³-hybridized carbons (Fsp3) is 0.281. The van der Waals surface area contributed by atoms with Crippen LogP contribution < -0.4 is 0 Å². The van der Waals surface area contributed by atoms with Crippen molar-refractivity contribution in [1.29, 1.82) is 0 Å². The lowest BCUT2D eigenvalue weighted by Crippen LogP contribution is -2.10. The van der Waals surface area contributed by atoms with Crippen LogP contribution in [0.25, 0.3) is 10.8 Å². The molecule has 0 aromatic heterocycles. The van der Waals surface area contributed by atoms with Gasteiger partial charge in [-0.2, -0.15) is 0 Å². The molecule has 0 saturated heterocycles. The molecule has 0 aliphatic heterocycles. The Morgan fingerprint density at radius 3 is 1.94 bits per heavy atom. The normalized spacial score (nSPS) is 12.9. The second-order valence-corrected chi connectivity index (χ2v) is 12.0. The van der Waals surface area contributed by atoms with E-state index in [1.54, 1.807) is 0 Å². The molecule has 36 heavy (non-hydrogen) atoms. The molecule has 4 aromatic carbocycles. The largest absolute Gasteiger partial charge is 0.256 e. The van der Waals surface area contributed by atoms with Gasteiger partial charge in [-0.05, 0) is 69.5 Å². The van der Waals surface area contributed by atoms with Crippen molar-refractivity contribution in [1.82, 2.24) is 0 Å². The molecule has 0 amide bonds. The zero-order valence-corrected chi connectivity index (χ0v) is 23.5. The third-order valence-corrected chi connectivity index (χ3v) is 8.46. The highest BCUT2D eigenvalue weighted by Crippen LogP contribution is 2.38. The fourth-order valence-electron chi connectivity index (χ4n) is 4.45. The van der Waals surface area contributed by atoms with Crippen LogP contribution in [-0.4, -0.2) is 10.4 Å². The molecule has 0 aliphatic carbocycles. The first-order chi connectivity index (χ1) is 17.2. The first kappa shape index (κ1) is 26.3. The summed E-state index contributed by atoms with van der Waals surface area (Å²) in [7, 11) is -1.39. The smallest absolute Gasteiger partial charge is 0.0868 e. The van der Waals surface area contributed by atoms with E-state index in [9.17, 15) is 4.21 Å². The van der Waals surface area contributed by atoms with Gasteiger partial charge < -0.3 is 0 Å². The molecule has 0 heterocycles. The molecular formula is C32H34ClNOS. The van der Waals surface area contributed by atoms with Gasteiger partial charge in [-0.3, -0.25) is 4.99 Å². The summed E-state index contributed by atoms with van der Waals surface area (Å²) in [6.07, 6.45) is 1.83. The van der Waals surface area contributed by atoms with Crippen molar-refractivity contribution >= 4 is 45.1 Å². The van der Waals surface area contributed by atoms with Crippen LogP contribution in [-0.2, 0) is 10.8 Å². The highest BCUT2D eigenvalue weighted by Gasteiger charge is 2.25. The number of benzene rings is 4. The number of aliphatic imine (C=N–C) groups is 1. The zero-order valence-electron chi connectivity index (χ0n) is 21.9. The number of nitrogens with zero attached hydrogens (tertiary/aromatic N) is 1. The highest BCUT2D eigenvalue weighted by atomic mass is 35.5. The molecule has 0 bridgehead atoms.